The van der Waals surface area contributed by atoms with E-state index in [-0.39, 0.29) is 6.04 Å². The van der Waals surface area contributed by atoms with Crippen LogP contribution in [-0.2, 0) is 0 Å². The number of hydrogen-bond donors (Lipinski definition) is 1. The zero-order valence-corrected chi connectivity index (χ0v) is 12.1. The summed E-state index contributed by atoms with van der Waals surface area (Å²) in [6, 6.07) is 18.9. The molecule has 0 spiro atoms. The molecule has 20 heavy (non-hydrogen) atoms. The maximum Gasteiger partial charge on any atom is 0.101 e. The molecule has 2 nitrogen and oxygen atoms in total. The van der Waals surface area contributed by atoms with Gasteiger partial charge < -0.3 is 5.73 Å². The van der Waals surface area contributed by atoms with Gasteiger partial charge in [0.15, 0.2) is 0 Å². The van der Waals surface area contributed by atoms with Crippen molar-refractivity contribution < 1.29 is 0 Å². The largest absolute Gasteiger partial charge is 0.324 e. The lowest BCUT2D eigenvalue weighted by molar-refractivity contribution is 0.808. The summed E-state index contributed by atoms with van der Waals surface area (Å²) in [5.41, 5.74) is 7.03. The van der Waals surface area contributed by atoms with Gasteiger partial charge in [0.05, 0.1) is 0 Å². The minimum atomic E-state index is 0.0361. The van der Waals surface area contributed by atoms with Crippen molar-refractivity contribution in [1.82, 2.24) is 4.98 Å². The molecule has 2 N–H and O–H groups in total. The van der Waals surface area contributed by atoms with Crippen LogP contribution in [0.5, 0.6) is 0 Å². The summed E-state index contributed by atoms with van der Waals surface area (Å²) in [7, 11) is 0. The van der Waals surface area contributed by atoms with E-state index in [0.29, 0.717) is 0 Å². The van der Waals surface area contributed by atoms with Gasteiger partial charge in [0.25, 0.3) is 0 Å². The number of nitrogens with zero attached hydrogens (tertiary/aromatic N) is 1. The average molecular weight is 280 g/mol. The SMILES string of the molecule is C[C@@H](N)c1ccnc(Sc2ccc3ccccc3c2)c1. The second kappa shape index (κ2) is 5.65. The molecule has 1 heterocycles. The summed E-state index contributed by atoms with van der Waals surface area (Å²) in [6.07, 6.45) is 1.82. The molecule has 0 radical (unpaired) electrons. The molecule has 3 aromatic rings. The zero-order valence-electron chi connectivity index (χ0n) is 11.3. The van der Waals surface area contributed by atoms with Crippen LogP contribution in [0.2, 0.25) is 0 Å². The van der Waals surface area contributed by atoms with Gasteiger partial charge in [0, 0.05) is 17.1 Å². The van der Waals surface area contributed by atoms with Crippen LogP contribution in [0.15, 0.2) is 70.7 Å². The first-order valence-corrected chi connectivity index (χ1v) is 7.42. The van der Waals surface area contributed by atoms with Crippen LogP contribution in [0.3, 0.4) is 0 Å². The second-order valence-corrected chi connectivity index (χ2v) is 5.92. The van der Waals surface area contributed by atoms with Crippen molar-refractivity contribution in [1.29, 1.82) is 0 Å². The molecule has 0 unspecified atom stereocenters. The van der Waals surface area contributed by atoms with E-state index in [9.17, 15) is 0 Å². The highest BCUT2D eigenvalue weighted by atomic mass is 32.2. The van der Waals surface area contributed by atoms with Crippen LogP contribution >= 0.6 is 11.8 Å². The highest BCUT2D eigenvalue weighted by molar-refractivity contribution is 7.99. The van der Waals surface area contributed by atoms with Crippen molar-refractivity contribution >= 4 is 22.5 Å². The predicted octanol–water partition coefficient (Wildman–Crippen LogP) is 4.41. The minimum absolute atomic E-state index is 0.0361. The second-order valence-electron chi connectivity index (χ2n) is 4.83. The van der Waals surface area contributed by atoms with Gasteiger partial charge >= 0.3 is 0 Å². The topological polar surface area (TPSA) is 38.9 Å². The van der Waals surface area contributed by atoms with Crippen LogP contribution in [0.4, 0.5) is 0 Å². The van der Waals surface area contributed by atoms with Gasteiger partial charge in [-0.2, -0.15) is 0 Å². The highest BCUT2D eigenvalue weighted by Gasteiger charge is 2.04. The molecule has 3 heteroatoms. The third kappa shape index (κ3) is 2.84. The van der Waals surface area contributed by atoms with E-state index in [2.05, 4.69) is 53.5 Å². The predicted molar refractivity (Wildman–Crippen MR) is 84.9 cm³/mol. The molecule has 100 valence electrons. The molecule has 0 bridgehead atoms. The Morgan fingerprint density at radius 3 is 2.60 bits per heavy atom. The summed E-state index contributed by atoms with van der Waals surface area (Å²) >= 11 is 1.67. The third-order valence-corrected chi connectivity index (χ3v) is 4.15. The standard InChI is InChI=1S/C17H16N2S/c1-12(18)14-8-9-19-17(11-14)20-16-7-6-13-4-2-3-5-15(13)10-16/h2-12H,18H2,1H3/t12-/m1/s1. The number of pyridine rings is 1. The number of aromatic nitrogens is 1. The monoisotopic (exact) mass is 280 g/mol. The Kier molecular flexibility index (Phi) is 3.72. The molecule has 3 rings (SSSR count). The first kappa shape index (κ1) is 13.2. The fourth-order valence-electron chi connectivity index (χ4n) is 2.12. The lowest BCUT2D eigenvalue weighted by Gasteiger charge is -2.07. The molecular formula is C17H16N2S. The summed E-state index contributed by atoms with van der Waals surface area (Å²) in [6.45, 7) is 1.99. The molecule has 0 fully saturated rings. The van der Waals surface area contributed by atoms with Crippen LogP contribution in [0.25, 0.3) is 10.8 Å². The number of fused-ring (bicyclic) bond motifs is 1. The van der Waals surface area contributed by atoms with Crippen molar-refractivity contribution in [3.05, 3.63) is 66.4 Å². The molecule has 0 aliphatic rings. The lowest BCUT2D eigenvalue weighted by Crippen LogP contribution is -2.04. The molecule has 0 amide bonds. The normalized spacial score (nSPS) is 12.5. The lowest BCUT2D eigenvalue weighted by atomic mass is 10.1. The van der Waals surface area contributed by atoms with Gasteiger partial charge in [0.1, 0.15) is 5.03 Å². The molecule has 0 saturated heterocycles. The van der Waals surface area contributed by atoms with Gasteiger partial charge in [-0.3, -0.25) is 0 Å². The van der Waals surface area contributed by atoms with Gasteiger partial charge in [-0.1, -0.05) is 42.1 Å². The molecule has 0 aliphatic carbocycles. The summed E-state index contributed by atoms with van der Waals surface area (Å²) in [4.78, 5) is 5.60. The Balaban J connectivity index is 1.90. The first-order chi connectivity index (χ1) is 9.72. The zero-order chi connectivity index (χ0) is 13.9. The Labute approximate surface area is 123 Å². The van der Waals surface area contributed by atoms with E-state index in [0.717, 1.165) is 10.6 Å². The van der Waals surface area contributed by atoms with E-state index in [4.69, 9.17) is 5.73 Å². The van der Waals surface area contributed by atoms with E-state index >= 15 is 0 Å². The fraction of sp³-hybridized carbons (Fsp3) is 0.118. The number of rotatable bonds is 3. The summed E-state index contributed by atoms with van der Waals surface area (Å²) < 4.78 is 0. The number of hydrogen-bond acceptors (Lipinski definition) is 3. The summed E-state index contributed by atoms with van der Waals surface area (Å²) in [5, 5.41) is 3.49. The number of benzene rings is 2. The van der Waals surface area contributed by atoms with Crippen molar-refractivity contribution in [2.24, 2.45) is 5.73 Å². The van der Waals surface area contributed by atoms with Gasteiger partial charge in [-0.15, -0.1) is 0 Å². The van der Waals surface area contributed by atoms with Crippen molar-refractivity contribution in [3.8, 4) is 0 Å². The molecule has 1 atom stereocenters. The van der Waals surface area contributed by atoms with Gasteiger partial charge in [0.2, 0.25) is 0 Å². The maximum absolute atomic E-state index is 5.91. The maximum atomic E-state index is 5.91. The first-order valence-electron chi connectivity index (χ1n) is 6.60. The quantitative estimate of drug-likeness (QED) is 0.772. The van der Waals surface area contributed by atoms with Gasteiger partial charge in [-0.25, -0.2) is 4.98 Å². The van der Waals surface area contributed by atoms with Gasteiger partial charge in [-0.05, 0) is 47.5 Å². The van der Waals surface area contributed by atoms with Crippen LogP contribution in [0, 0.1) is 0 Å². The van der Waals surface area contributed by atoms with Crippen LogP contribution < -0.4 is 5.73 Å². The Hall–Kier alpha value is -1.84. The number of nitrogens with two attached hydrogens (primary N) is 1. The van der Waals surface area contributed by atoms with Crippen LogP contribution in [-0.4, -0.2) is 4.98 Å². The van der Waals surface area contributed by atoms with E-state index < -0.39 is 0 Å². The van der Waals surface area contributed by atoms with Crippen molar-refractivity contribution in [2.45, 2.75) is 22.9 Å². The molecule has 0 saturated carbocycles. The van der Waals surface area contributed by atoms with E-state index in [1.54, 1.807) is 11.8 Å². The van der Waals surface area contributed by atoms with E-state index in [1.165, 1.54) is 15.7 Å². The molecule has 1 aromatic heterocycles. The fourth-order valence-corrected chi connectivity index (χ4v) is 2.99. The Bertz CT molecular complexity index is 738. The average Bonchev–Trinajstić information content (AvgIpc) is 2.47. The molecule has 0 aliphatic heterocycles. The Morgan fingerprint density at radius 1 is 1.00 bits per heavy atom. The minimum Gasteiger partial charge on any atom is -0.324 e. The smallest absolute Gasteiger partial charge is 0.101 e. The molecule has 2 aromatic carbocycles. The molecular weight excluding hydrogens is 264 g/mol. The third-order valence-electron chi connectivity index (χ3n) is 3.23. The van der Waals surface area contributed by atoms with Crippen molar-refractivity contribution in [2.75, 3.05) is 0 Å². The van der Waals surface area contributed by atoms with E-state index in [1.807, 2.05) is 19.2 Å². The van der Waals surface area contributed by atoms with Crippen molar-refractivity contribution in [3.63, 3.8) is 0 Å². The van der Waals surface area contributed by atoms with Crippen LogP contribution in [0.1, 0.15) is 18.5 Å². The highest BCUT2D eigenvalue weighted by Crippen LogP contribution is 2.29. The summed E-state index contributed by atoms with van der Waals surface area (Å²) in [5.74, 6) is 0. The Morgan fingerprint density at radius 2 is 1.80 bits per heavy atom.